The number of ether oxygens (including phenoxy) is 1. The predicted molar refractivity (Wildman–Crippen MR) is 114 cm³/mol. The van der Waals surface area contributed by atoms with Crippen molar-refractivity contribution >= 4 is 42.3 Å². The second-order valence-corrected chi connectivity index (χ2v) is 7.60. The van der Waals surface area contributed by atoms with Gasteiger partial charge in [-0.15, -0.1) is 24.8 Å². The van der Waals surface area contributed by atoms with Crippen LogP contribution in [-0.2, 0) is 16.1 Å². The zero-order valence-electron chi connectivity index (χ0n) is 15.4. The molecule has 1 aromatic carbocycles. The van der Waals surface area contributed by atoms with Gasteiger partial charge in [-0.3, -0.25) is 9.69 Å². The molecule has 1 aromatic rings. The molecule has 1 amide bonds. The molecule has 8 heteroatoms. The first-order chi connectivity index (χ1) is 12.1. The van der Waals surface area contributed by atoms with Gasteiger partial charge in [-0.2, -0.15) is 0 Å². The van der Waals surface area contributed by atoms with Crippen LogP contribution in [0.3, 0.4) is 0 Å². The van der Waals surface area contributed by atoms with Crippen LogP contribution in [0.2, 0.25) is 5.02 Å². The number of nitrogens with one attached hydrogen (secondary N) is 1. The van der Waals surface area contributed by atoms with Crippen LogP contribution in [0.1, 0.15) is 31.2 Å². The van der Waals surface area contributed by atoms with Gasteiger partial charge in [0.2, 0.25) is 5.91 Å². The van der Waals surface area contributed by atoms with E-state index in [9.17, 15) is 4.79 Å². The van der Waals surface area contributed by atoms with Crippen LogP contribution >= 0.6 is 36.4 Å². The highest BCUT2D eigenvalue weighted by Gasteiger charge is 2.29. The summed E-state index contributed by atoms with van der Waals surface area (Å²) in [6, 6.07) is 7.84. The quantitative estimate of drug-likeness (QED) is 0.741. The first-order valence-electron chi connectivity index (χ1n) is 9.22. The number of likely N-dealkylation sites (tertiary alicyclic amines) is 1. The number of hydrogen-bond donors (Lipinski definition) is 2. The molecule has 2 heterocycles. The number of nitrogens with two attached hydrogens (primary N) is 1. The molecule has 2 saturated heterocycles. The molecule has 1 unspecified atom stereocenters. The topological polar surface area (TPSA) is 67.6 Å². The van der Waals surface area contributed by atoms with Gasteiger partial charge in [0, 0.05) is 43.9 Å². The van der Waals surface area contributed by atoms with E-state index in [-0.39, 0.29) is 42.7 Å². The monoisotopic (exact) mass is 437 g/mol. The van der Waals surface area contributed by atoms with Gasteiger partial charge in [-0.05, 0) is 49.3 Å². The highest BCUT2D eigenvalue weighted by molar-refractivity contribution is 6.30. The zero-order valence-corrected chi connectivity index (χ0v) is 17.8. The van der Waals surface area contributed by atoms with Crippen LogP contribution in [-0.4, -0.2) is 49.2 Å². The summed E-state index contributed by atoms with van der Waals surface area (Å²) in [5, 5.41) is 3.93. The third-order valence-corrected chi connectivity index (χ3v) is 5.58. The summed E-state index contributed by atoms with van der Waals surface area (Å²) in [5.74, 6) is 0.252. The van der Waals surface area contributed by atoms with Crippen molar-refractivity contribution in [1.82, 2.24) is 10.2 Å². The third kappa shape index (κ3) is 7.41. The Labute approximate surface area is 179 Å². The van der Waals surface area contributed by atoms with E-state index in [1.807, 2.05) is 12.1 Å². The second kappa shape index (κ2) is 12.1. The molecule has 3 rings (SSSR count). The SMILES string of the molecule is Cl.Cl.NC(C(=O)NC1CCN(Cc2ccc(Cl)cc2)CC1)C1CCOCC1. The molecule has 0 bridgehead atoms. The van der Waals surface area contributed by atoms with E-state index in [4.69, 9.17) is 22.1 Å². The summed E-state index contributed by atoms with van der Waals surface area (Å²) in [4.78, 5) is 14.8. The lowest BCUT2D eigenvalue weighted by molar-refractivity contribution is -0.125. The Morgan fingerprint density at radius 2 is 1.74 bits per heavy atom. The molecule has 2 aliphatic rings. The average Bonchev–Trinajstić information content (AvgIpc) is 2.65. The van der Waals surface area contributed by atoms with Crippen molar-refractivity contribution in [3.05, 3.63) is 34.9 Å². The summed E-state index contributed by atoms with van der Waals surface area (Å²) >= 11 is 5.93. The molecule has 2 aliphatic heterocycles. The molecule has 0 aliphatic carbocycles. The molecule has 0 radical (unpaired) electrons. The van der Waals surface area contributed by atoms with Crippen LogP contribution in [0.5, 0.6) is 0 Å². The Morgan fingerprint density at radius 3 is 2.33 bits per heavy atom. The number of piperidine rings is 1. The first-order valence-corrected chi connectivity index (χ1v) is 9.60. The number of amides is 1. The average molecular weight is 439 g/mol. The Balaban J connectivity index is 0.00000182. The predicted octanol–water partition coefficient (Wildman–Crippen LogP) is 3.02. The maximum Gasteiger partial charge on any atom is 0.237 e. The van der Waals surface area contributed by atoms with Gasteiger partial charge in [-0.25, -0.2) is 0 Å². The van der Waals surface area contributed by atoms with Crippen molar-refractivity contribution in [2.24, 2.45) is 11.7 Å². The lowest BCUT2D eigenvalue weighted by Crippen LogP contribution is -2.52. The summed E-state index contributed by atoms with van der Waals surface area (Å²) < 4.78 is 5.35. The maximum absolute atomic E-state index is 12.4. The minimum absolute atomic E-state index is 0. The van der Waals surface area contributed by atoms with Crippen LogP contribution in [0, 0.1) is 5.92 Å². The van der Waals surface area contributed by atoms with E-state index in [1.54, 1.807) is 0 Å². The Bertz CT molecular complexity index is 560. The summed E-state index contributed by atoms with van der Waals surface area (Å²) in [6.45, 7) is 4.34. The van der Waals surface area contributed by atoms with Gasteiger partial charge in [0.1, 0.15) is 0 Å². The largest absolute Gasteiger partial charge is 0.381 e. The van der Waals surface area contributed by atoms with Crippen molar-refractivity contribution in [1.29, 1.82) is 0 Å². The number of nitrogens with zero attached hydrogens (tertiary/aromatic N) is 1. The standard InChI is InChI=1S/C19H28ClN3O2.2ClH/c20-16-3-1-14(2-4-16)13-23-9-5-17(6-10-23)22-19(24)18(21)15-7-11-25-12-8-15;;/h1-4,15,17-18H,5-13,21H2,(H,22,24);2*1H. The lowest BCUT2D eigenvalue weighted by Gasteiger charge is -2.34. The van der Waals surface area contributed by atoms with E-state index < -0.39 is 6.04 Å². The Kier molecular flexibility index (Phi) is 11.0. The van der Waals surface area contributed by atoms with E-state index in [0.29, 0.717) is 13.2 Å². The van der Waals surface area contributed by atoms with Crippen molar-refractivity contribution in [2.45, 2.75) is 44.3 Å². The van der Waals surface area contributed by atoms with Gasteiger partial charge in [0.05, 0.1) is 6.04 Å². The number of carbonyl (C=O) groups is 1. The van der Waals surface area contributed by atoms with Crippen molar-refractivity contribution < 1.29 is 9.53 Å². The van der Waals surface area contributed by atoms with Crippen molar-refractivity contribution in [3.63, 3.8) is 0 Å². The van der Waals surface area contributed by atoms with Crippen LogP contribution in [0.4, 0.5) is 0 Å². The van der Waals surface area contributed by atoms with Gasteiger partial charge < -0.3 is 15.8 Å². The number of rotatable bonds is 5. The number of carbonyl (C=O) groups excluding carboxylic acids is 1. The number of hydrogen-bond acceptors (Lipinski definition) is 4. The second-order valence-electron chi connectivity index (χ2n) is 7.16. The van der Waals surface area contributed by atoms with Gasteiger partial charge in [0.25, 0.3) is 0 Å². The van der Waals surface area contributed by atoms with Crippen LogP contribution in [0.25, 0.3) is 0 Å². The van der Waals surface area contributed by atoms with Crippen LogP contribution in [0.15, 0.2) is 24.3 Å². The smallest absolute Gasteiger partial charge is 0.237 e. The molecular formula is C19H30Cl3N3O2. The van der Waals surface area contributed by atoms with E-state index in [2.05, 4.69) is 22.3 Å². The fourth-order valence-electron chi connectivity index (χ4n) is 3.67. The van der Waals surface area contributed by atoms with E-state index >= 15 is 0 Å². The number of benzene rings is 1. The molecule has 27 heavy (non-hydrogen) atoms. The first kappa shape index (κ1) is 24.5. The maximum atomic E-state index is 12.4. The Morgan fingerprint density at radius 1 is 1.15 bits per heavy atom. The number of halogens is 3. The van der Waals surface area contributed by atoms with Crippen molar-refractivity contribution in [3.8, 4) is 0 Å². The summed E-state index contributed by atoms with van der Waals surface area (Å²) in [5.41, 5.74) is 7.43. The van der Waals surface area contributed by atoms with Gasteiger partial charge >= 0.3 is 0 Å². The summed E-state index contributed by atoms with van der Waals surface area (Å²) in [6.07, 6.45) is 3.71. The van der Waals surface area contributed by atoms with E-state index in [1.165, 1.54) is 5.56 Å². The molecule has 0 spiro atoms. The fraction of sp³-hybridized carbons (Fsp3) is 0.632. The minimum atomic E-state index is -0.406. The van der Waals surface area contributed by atoms with Crippen molar-refractivity contribution in [2.75, 3.05) is 26.3 Å². The highest BCUT2D eigenvalue weighted by Crippen LogP contribution is 2.19. The Hall–Kier alpha value is -0.560. The van der Waals surface area contributed by atoms with Gasteiger partial charge in [0.15, 0.2) is 0 Å². The third-order valence-electron chi connectivity index (χ3n) is 5.33. The molecule has 0 aromatic heterocycles. The van der Waals surface area contributed by atoms with E-state index in [0.717, 1.165) is 50.3 Å². The molecule has 1 atom stereocenters. The summed E-state index contributed by atoms with van der Waals surface area (Å²) in [7, 11) is 0. The molecule has 3 N–H and O–H groups in total. The minimum Gasteiger partial charge on any atom is -0.381 e. The molecule has 0 saturated carbocycles. The van der Waals surface area contributed by atoms with Gasteiger partial charge in [-0.1, -0.05) is 23.7 Å². The molecule has 2 fully saturated rings. The fourth-order valence-corrected chi connectivity index (χ4v) is 3.80. The lowest BCUT2D eigenvalue weighted by atomic mass is 9.91. The van der Waals surface area contributed by atoms with Crippen LogP contribution < -0.4 is 11.1 Å². The molecular weight excluding hydrogens is 409 g/mol. The zero-order chi connectivity index (χ0) is 17.6. The highest BCUT2D eigenvalue weighted by atomic mass is 35.5. The normalized spacial score (nSPS) is 20.2. The molecule has 5 nitrogen and oxygen atoms in total. The molecule has 154 valence electrons.